The Balaban J connectivity index is 1.98. The number of hydrogen-bond donors (Lipinski definition) is 1. The van der Waals surface area contributed by atoms with Crippen LogP contribution in [-0.2, 0) is 10.7 Å². The predicted molar refractivity (Wildman–Crippen MR) is 62.0 cm³/mol. The lowest BCUT2D eigenvalue weighted by atomic mass is 10.2. The molecule has 1 aliphatic carbocycles. The molecule has 0 bridgehead atoms. The maximum Gasteiger partial charge on any atom is 0.224 e. The Hall–Kier alpha value is -1.02. The van der Waals surface area contributed by atoms with Crippen LogP contribution in [-0.4, -0.2) is 5.91 Å². The lowest BCUT2D eigenvalue weighted by Crippen LogP contribution is -2.13. The number of carbonyl (C=O) groups excluding carboxylic acids is 1. The van der Waals surface area contributed by atoms with Crippen LogP contribution in [0.5, 0.6) is 0 Å². The Morgan fingerprint density at radius 3 is 2.80 bits per heavy atom. The molecule has 0 heterocycles. The number of benzene rings is 1. The first-order valence-electron chi connectivity index (χ1n) is 5.23. The van der Waals surface area contributed by atoms with Crippen molar-refractivity contribution in [2.45, 2.75) is 25.1 Å². The number of para-hydroxylation sites is 1. The van der Waals surface area contributed by atoms with Crippen molar-refractivity contribution in [1.82, 2.24) is 0 Å². The quantitative estimate of drug-likeness (QED) is 0.781. The molecule has 0 unspecified atom stereocenters. The summed E-state index contributed by atoms with van der Waals surface area (Å²) in [6, 6.07) is 7.65. The van der Waals surface area contributed by atoms with Gasteiger partial charge in [-0.1, -0.05) is 18.2 Å². The van der Waals surface area contributed by atoms with Crippen molar-refractivity contribution in [3.8, 4) is 0 Å². The molecule has 0 aliphatic heterocycles. The SMILES string of the molecule is O=C(CC1CC1)Nc1ccccc1CCl. The molecule has 2 nitrogen and oxygen atoms in total. The zero-order chi connectivity index (χ0) is 10.7. The Labute approximate surface area is 94.6 Å². The highest BCUT2D eigenvalue weighted by Crippen LogP contribution is 2.32. The molecule has 0 aromatic heterocycles. The van der Waals surface area contributed by atoms with Crippen molar-refractivity contribution >= 4 is 23.2 Å². The van der Waals surface area contributed by atoms with Crippen LogP contribution in [0.2, 0.25) is 0 Å². The average Bonchev–Trinajstić information content (AvgIpc) is 3.02. The molecule has 80 valence electrons. The standard InChI is InChI=1S/C12H14ClNO/c13-8-10-3-1-2-4-11(10)14-12(15)7-9-5-6-9/h1-4,9H,5-8H2,(H,14,15). The normalized spacial score (nSPS) is 15.0. The second-order valence-electron chi connectivity index (χ2n) is 3.99. The van der Waals surface area contributed by atoms with Crippen LogP contribution >= 0.6 is 11.6 Å². The van der Waals surface area contributed by atoms with E-state index in [1.54, 1.807) is 0 Å². The molecule has 1 N–H and O–H groups in total. The molecule has 1 saturated carbocycles. The Morgan fingerprint density at radius 1 is 1.40 bits per heavy atom. The number of carbonyl (C=O) groups is 1. The summed E-state index contributed by atoms with van der Waals surface area (Å²) in [7, 11) is 0. The maximum atomic E-state index is 11.6. The second kappa shape index (κ2) is 4.67. The molecule has 1 aliphatic rings. The summed E-state index contributed by atoms with van der Waals surface area (Å²) >= 11 is 5.78. The molecule has 1 fully saturated rings. The Bertz CT molecular complexity index is 360. The molecule has 0 spiro atoms. The third kappa shape index (κ3) is 2.96. The summed E-state index contributed by atoms with van der Waals surface area (Å²) in [6.07, 6.45) is 3.05. The average molecular weight is 224 g/mol. The highest BCUT2D eigenvalue weighted by atomic mass is 35.5. The van der Waals surface area contributed by atoms with Crippen molar-refractivity contribution in [3.63, 3.8) is 0 Å². The predicted octanol–water partition coefficient (Wildman–Crippen LogP) is 3.16. The van der Waals surface area contributed by atoms with Crippen molar-refractivity contribution in [3.05, 3.63) is 29.8 Å². The van der Waals surface area contributed by atoms with Crippen molar-refractivity contribution in [2.75, 3.05) is 5.32 Å². The zero-order valence-corrected chi connectivity index (χ0v) is 9.26. The number of anilines is 1. The first-order chi connectivity index (χ1) is 7.29. The first-order valence-corrected chi connectivity index (χ1v) is 5.77. The maximum absolute atomic E-state index is 11.6. The van der Waals surface area contributed by atoms with Gasteiger partial charge < -0.3 is 5.32 Å². The summed E-state index contributed by atoms with van der Waals surface area (Å²) < 4.78 is 0. The van der Waals surface area contributed by atoms with Gasteiger partial charge in [-0.15, -0.1) is 11.6 Å². The van der Waals surface area contributed by atoms with Crippen LogP contribution in [0.25, 0.3) is 0 Å². The van der Waals surface area contributed by atoms with E-state index in [4.69, 9.17) is 11.6 Å². The monoisotopic (exact) mass is 223 g/mol. The summed E-state index contributed by atoms with van der Waals surface area (Å²) in [4.78, 5) is 11.6. The van der Waals surface area contributed by atoms with Gasteiger partial charge in [0.25, 0.3) is 0 Å². The molecular formula is C12H14ClNO. The fourth-order valence-corrected chi connectivity index (χ4v) is 1.78. The molecule has 3 heteroatoms. The fraction of sp³-hybridized carbons (Fsp3) is 0.417. The smallest absolute Gasteiger partial charge is 0.224 e. The summed E-state index contributed by atoms with van der Waals surface area (Å²) in [5.41, 5.74) is 1.82. The van der Waals surface area contributed by atoms with Gasteiger partial charge in [0, 0.05) is 18.0 Å². The van der Waals surface area contributed by atoms with Gasteiger partial charge in [-0.05, 0) is 30.4 Å². The largest absolute Gasteiger partial charge is 0.326 e. The van der Waals surface area contributed by atoms with Gasteiger partial charge in [0.1, 0.15) is 0 Å². The lowest BCUT2D eigenvalue weighted by molar-refractivity contribution is -0.116. The number of alkyl halides is 1. The molecule has 0 atom stereocenters. The van der Waals surface area contributed by atoms with Crippen LogP contribution < -0.4 is 5.32 Å². The Morgan fingerprint density at radius 2 is 2.13 bits per heavy atom. The Kier molecular flexibility index (Phi) is 3.27. The fourth-order valence-electron chi connectivity index (χ4n) is 1.54. The minimum atomic E-state index is 0.107. The number of hydrogen-bond acceptors (Lipinski definition) is 1. The summed E-state index contributed by atoms with van der Waals surface area (Å²) in [5, 5.41) is 2.91. The molecule has 0 saturated heterocycles. The molecular weight excluding hydrogens is 210 g/mol. The minimum absolute atomic E-state index is 0.107. The van der Waals surface area contributed by atoms with E-state index in [1.165, 1.54) is 12.8 Å². The van der Waals surface area contributed by atoms with Crippen molar-refractivity contribution in [2.24, 2.45) is 5.92 Å². The number of amides is 1. The molecule has 0 radical (unpaired) electrons. The molecule has 1 aromatic carbocycles. The van der Waals surface area contributed by atoms with Crippen molar-refractivity contribution in [1.29, 1.82) is 0 Å². The number of rotatable bonds is 4. The third-order valence-electron chi connectivity index (χ3n) is 2.61. The topological polar surface area (TPSA) is 29.1 Å². The second-order valence-corrected chi connectivity index (χ2v) is 4.25. The molecule has 1 amide bonds. The number of nitrogens with one attached hydrogen (secondary N) is 1. The third-order valence-corrected chi connectivity index (χ3v) is 2.89. The van der Waals surface area contributed by atoms with Gasteiger partial charge in [-0.25, -0.2) is 0 Å². The van der Waals surface area contributed by atoms with Crippen LogP contribution in [0.15, 0.2) is 24.3 Å². The van der Waals surface area contributed by atoms with E-state index >= 15 is 0 Å². The zero-order valence-electron chi connectivity index (χ0n) is 8.50. The van der Waals surface area contributed by atoms with Gasteiger partial charge in [-0.2, -0.15) is 0 Å². The molecule has 15 heavy (non-hydrogen) atoms. The highest BCUT2D eigenvalue weighted by Gasteiger charge is 2.24. The van der Waals surface area contributed by atoms with E-state index in [0.29, 0.717) is 18.2 Å². The minimum Gasteiger partial charge on any atom is -0.326 e. The molecule has 2 rings (SSSR count). The van der Waals surface area contributed by atoms with Gasteiger partial charge >= 0.3 is 0 Å². The first kappa shape index (κ1) is 10.5. The van der Waals surface area contributed by atoms with Gasteiger partial charge in [-0.3, -0.25) is 4.79 Å². The molecule has 1 aromatic rings. The highest BCUT2D eigenvalue weighted by molar-refractivity contribution is 6.17. The van der Waals surface area contributed by atoms with Crippen LogP contribution in [0.1, 0.15) is 24.8 Å². The van der Waals surface area contributed by atoms with Crippen LogP contribution in [0, 0.1) is 5.92 Å². The van der Waals surface area contributed by atoms with Gasteiger partial charge in [0.15, 0.2) is 0 Å². The van der Waals surface area contributed by atoms with Gasteiger partial charge in [0.2, 0.25) is 5.91 Å². The van der Waals surface area contributed by atoms with E-state index < -0.39 is 0 Å². The van der Waals surface area contributed by atoms with E-state index in [1.807, 2.05) is 24.3 Å². The van der Waals surface area contributed by atoms with E-state index in [0.717, 1.165) is 11.3 Å². The van der Waals surface area contributed by atoms with E-state index in [-0.39, 0.29) is 5.91 Å². The van der Waals surface area contributed by atoms with Crippen LogP contribution in [0.3, 0.4) is 0 Å². The lowest BCUT2D eigenvalue weighted by Gasteiger charge is -2.08. The van der Waals surface area contributed by atoms with Crippen LogP contribution in [0.4, 0.5) is 5.69 Å². The van der Waals surface area contributed by atoms with Gasteiger partial charge in [0.05, 0.1) is 0 Å². The van der Waals surface area contributed by atoms with E-state index in [9.17, 15) is 4.79 Å². The van der Waals surface area contributed by atoms with Crippen molar-refractivity contribution < 1.29 is 4.79 Å². The summed E-state index contributed by atoms with van der Waals surface area (Å²) in [5.74, 6) is 1.16. The summed E-state index contributed by atoms with van der Waals surface area (Å²) in [6.45, 7) is 0. The number of halogens is 1. The van der Waals surface area contributed by atoms with E-state index in [2.05, 4.69) is 5.32 Å².